The van der Waals surface area contributed by atoms with E-state index in [0.29, 0.717) is 12.4 Å². The summed E-state index contributed by atoms with van der Waals surface area (Å²) < 4.78 is 4.93. The molecule has 0 spiro atoms. The molecule has 120 valence electrons. The lowest BCUT2D eigenvalue weighted by atomic mass is 9.90. The molecule has 2 aromatic heterocycles. The van der Waals surface area contributed by atoms with Crippen molar-refractivity contribution in [2.24, 2.45) is 5.41 Å². The second kappa shape index (κ2) is 5.95. The van der Waals surface area contributed by atoms with E-state index in [0.717, 1.165) is 30.0 Å². The molecule has 3 rings (SSSR count). The summed E-state index contributed by atoms with van der Waals surface area (Å²) in [4.78, 5) is 27.4. The first-order valence-electron chi connectivity index (χ1n) is 7.61. The van der Waals surface area contributed by atoms with Crippen LogP contribution in [0.15, 0.2) is 30.6 Å². The van der Waals surface area contributed by atoms with Crippen LogP contribution in [0.2, 0.25) is 0 Å². The van der Waals surface area contributed by atoms with Crippen LogP contribution in [0.4, 0.5) is 5.82 Å². The second-order valence-electron chi connectivity index (χ2n) is 6.16. The molecule has 1 fully saturated rings. The minimum atomic E-state index is -0.484. The van der Waals surface area contributed by atoms with Crippen molar-refractivity contribution in [1.82, 2.24) is 15.0 Å². The number of ether oxygens (including phenoxy) is 1. The summed E-state index contributed by atoms with van der Waals surface area (Å²) in [7, 11) is 1.44. The van der Waals surface area contributed by atoms with E-state index < -0.39 is 5.41 Å². The molecule has 1 aliphatic rings. The molecule has 3 heterocycles. The molecule has 0 bridgehead atoms. The molecule has 0 radical (unpaired) electrons. The fourth-order valence-electron chi connectivity index (χ4n) is 2.91. The van der Waals surface area contributed by atoms with Gasteiger partial charge in [-0.2, -0.15) is 0 Å². The Morgan fingerprint density at radius 2 is 2.22 bits per heavy atom. The molecule has 6 nitrogen and oxygen atoms in total. The SMILES string of the molecule is COC(=O)C1(C)CCN(c2cc(C)nc(-c3cccnc3)n2)C1. The van der Waals surface area contributed by atoms with Crippen molar-refractivity contribution in [1.29, 1.82) is 0 Å². The van der Waals surface area contributed by atoms with Crippen LogP contribution in [-0.4, -0.2) is 41.1 Å². The quantitative estimate of drug-likeness (QED) is 0.810. The van der Waals surface area contributed by atoms with E-state index in [1.54, 1.807) is 12.4 Å². The monoisotopic (exact) mass is 312 g/mol. The maximum Gasteiger partial charge on any atom is 0.313 e. The number of methoxy groups -OCH3 is 1. The number of esters is 1. The van der Waals surface area contributed by atoms with E-state index >= 15 is 0 Å². The Kier molecular flexibility index (Phi) is 3.98. The van der Waals surface area contributed by atoms with Gasteiger partial charge in [0.1, 0.15) is 5.82 Å². The van der Waals surface area contributed by atoms with Gasteiger partial charge in [-0.15, -0.1) is 0 Å². The normalized spacial score (nSPS) is 20.6. The molecular formula is C17H20N4O2. The van der Waals surface area contributed by atoms with Crippen LogP contribution in [0, 0.1) is 12.3 Å². The number of nitrogens with zero attached hydrogens (tertiary/aromatic N) is 4. The average molecular weight is 312 g/mol. The molecule has 1 unspecified atom stereocenters. The van der Waals surface area contributed by atoms with Gasteiger partial charge in [0, 0.05) is 42.8 Å². The highest BCUT2D eigenvalue weighted by molar-refractivity contribution is 5.78. The number of rotatable bonds is 3. The molecule has 0 N–H and O–H groups in total. The first-order valence-corrected chi connectivity index (χ1v) is 7.61. The second-order valence-corrected chi connectivity index (χ2v) is 6.16. The molecular weight excluding hydrogens is 292 g/mol. The third-order valence-corrected chi connectivity index (χ3v) is 4.24. The Morgan fingerprint density at radius 1 is 1.39 bits per heavy atom. The third kappa shape index (κ3) is 3.02. The van der Waals surface area contributed by atoms with Crippen molar-refractivity contribution in [2.45, 2.75) is 20.3 Å². The van der Waals surface area contributed by atoms with Gasteiger partial charge >= 0.3 is 5.97 Å². The van der Waals surface area contributed by atoms with Gasteiger partial charge in [-0.05, 0) is 32.4 Å². The standard InChI is InChI=1S/C17H20N4O2/c1-12-9-14(20-15(19-12)13-5-4-7-18-10-13)21-8-6-17(2,11-21)16(22)23-3/h4-5,7,9-10H,6,8,11H2,1-3H3. The van der Waals surface area contributed by atoms with Crippen LogP contribution in [0.1, 0.15) is 19.0 Å². The van der Waals surface area contributed by atoms with Crippen LogP contribution in [0.25, 0.3) is 11.4 Å². The van der Waals surface area contributed by atoms with Gasteiger partial charge in [-0.3, -0.25) is 9.78 Å². The van der Waals surface area contributed by atoms with E-state index in [9.17, 15) is 4.79 Å². The maximum absolute atomic E-state index is 12.0. The van der Waals surface area contributed by atoms with E-state index in [-0.39, 0.29) is 5.97 Å². The van der Waals surface area contributed by atoms with E-state index in [2.05, 4.69) is 19.9 Å². The fraction of sp³-hybridized carbons (Fsp3) is 0.412. The van der Waals surface area contributed by atoms with Crippen molar-refractivity contribution < 1.29 is 9.53 Å². The molecule has 23 heavy (non-hydrogen) atoms. The van der Waals surface area contributed by atoms with Gasteiger partial charge in [-0.1, -0.05) is 0 Å². The first kappa shape index (κ1) is 15.4. The molecule has 1 aliphatic heterocycles. The Labute approximate surface area is 135 Å². The van der Waals surface area contributed by atoms with Crippen molar-refractivity contribution >= 4 is 11.8 Å². The van der Waals surface area contributed by atoms with E-state index in [4.69, 9.17) is 4.74 Å². The van der Waals surface area contributed by atoms with Gasteiger partial charge < -0.3 is 9.64 Å². The summed E-state index contributed by atoms with van der Waals surface area (Å²) >= 11 is 0. The molecule has 0 saturated carbocycles. The average Bonchev–Trinajstić information content (AvgIpc) is 2.98. The van der Waals surface area contributed by atoms with Crippen LogP contribution in [0.3, 0.4) is 0 Å². The Balaban J connectivity index is 1.90. The number of hydrogen-bond donors (Lipinski definition) is 0. The number of aryl methyl sites for hydroxylation is 1. The summed E-state index contributed by atoms with van der Waals surface area (Å²) in [6.07, 6.45) is 4.23. The van der Waals surface area contributed by atoms with E-state index in [1.165, 1.54) is 7.11 Å². The number of hydrogen-bond acceptors (Lipinski definition) is 6. The molecule has 1 saturated heterocycles. The smallest absolute Gasteiger partial charge is 0.313 e. The minimum absolute atomic E-state index is 0.168. The zero-order valence-corrected chi connectivity index (χ0v) is 13.6. The highest BCUT2D eigenvalue weighted by atomic mass is 16.5. The van der Waals surface area contributed by atoms with Crippen LogP contribution in [0.5, 0.6) is 0 Å². The zero-order valence-electron chi connectivity index (χ0n) is 13.6. The van der Waals surface area contributed by atoms with Crippen LogP contribution < -0.4 is 4.90 Å². The first-order chi connectivity index (χ1) is 11.0. The highest BCUT2D eigenvalue weighted by Gasteiger charge is 2.41. The Morgan fingerprint density at radius 3 is 2.91 bits per heavy atom. The minimum Gasteiger partial charge on any atom is -0.469 e. The summed E-state index contributed by atoms with van der Waals surface area (Å²) in [5.74, 6) is 1.32. The van der Waals surface area contributed by atoms with Crippen molar-refractivity contribution in [2.75, 3.05) is 25.1 Å². The highest BCUT2D eigenvalue weighted by Crippen LogP contribution is 2.34. The molecule has 0 aromatic carbocycles. The van der Waals surface area contributed by atoms with Gasteiger partial charge in [0.05, 0.1) is 12.5 Å². The zero-order chi connectivity index (χ0) is 16.4. The summed E-state index contributed by atoms with van der Waals surface area (Å²) in [6.45, 7) is 5.26. The molecule has 2 aromatic rings. The fourth-order valence-corrected chi connectivity index (χ4v) is 2.91. The van der Waals surface area contributed by atoms with Crippen molar-refractivity contribution in [3.8, 4) is 11.4 Å². The van der Waals surface area contributed by atoms with E-state index in [1.807, 2.05) is 32.0 Å². The topological polar surface area (TPSA) is 68.2 Å². The molecule has 6 heteroatoms. The molecule has 0 amide bonds. The molecule has 0 aliphatic carbocycles. The lowest BCUT2D eigenvalue weighted by Gasteiger charge is -2.22. The summed E-state index contributed by atoms with van der Waals surface area (Å²) in [6, 6.07) is 5.75. The van der Waals surface area contributed by atoms with Crippen molar-refractivity contribution in [3.63, 3.8) is 0 Å². The number of anilines is 1. The molecule has 1 atom stereocenters. The van der Waals surface area contributed by atoms with Crippen molar-refractivity contribution in [3.05, 3.63) is 36.3 Å². The summed E-state index contributed by atoms with van der Waals surface area (Å²) in [5.41, 5.74) is 1.29. The maximum atomic E-state index is 12.0. The lowest BCUT2D eigenvalue weighted by Crippen LogP contribution is -2.33. The van der Waals surface area contributed by atoms with Gasteiger partial charge in [0.2, 0.25) is 0 Å². The van der Waals surface area contributed by atoms with Crippen LogP contribution in [-0.2, 0) is 9.53 Å². The predicted molar refractivity (Wildman–Crippen MR) is 87.0 cm³/mol. The van der Waals surface area contributed by atoms with Gasteiger partial charge in [0.25, 0.3) is 0 Å². The third-order valence-electron chi connectivity index (χ3n) is 4.24. The largest absolute Gasteiger partial charge is 0.469 e. The number of carbonyl (C=O) groups excluding carboxylic acids is 1. The van der Waals surface area contributed by atoms with Gasteiger partial charge in [-0.25, -0.2) is 9.97 Å². The number of pyridine rings is 1. The van der Waals surface area contributed by atoms with Gasteiger partial charge in [0.15, 0.2) is 5.82 Å². The number of carbonyl (C=O) groups is 1. The summed E-state index contributed by atoms with van der Waals surface area (Å²) in [5, 5.41) is 0. The lowest BCUT2D eigenvalue weighted by molar-refractivity contribution is -0.150. The van der Waals surface area contributed by atoms with Crippen LogP contribution >= 0.6 is 0 Å². The number of aromatic nitrogens is 3. The predicted octanol–water partition coefficient (Wildman–Crippen LogP) is 2.24. The Hall–Kier alpha value is -2.50. The Bertz CT molecular complexity index is 720.